The van der Waals surface area contributed by atoms with Gasteiger partial charge in [0.25, 0.3) is 0 Å². The average molecular weight is 284 g/mol. The van der Waals surface area contributed by atoms with Crippen molar-refractivity contribution in [2.75, 3.05) is 40.8 Å². The zero-order valence-corrected chi connectivity index (χ0v) is 12.6. The molecule has 0 heterocycles. The van der Waals surface area contributed by atoms with Crippen molar-refractivity contribution < 1.29 is 4.79 Å². The first-order valence-electron chi connectivity index (χ1n) is 6.34. The third kappa shape index (κ3) is 6.05. The van der Waals surface area contributed by atoms with Crippen LogP contribution in [0.2, 0.25) is 5.02 Å². The topological polar surface area (TPSA) is 35.6 Å². The molecule has 1 aromatic carbocycles. The predicted octanol–water partition coefficient (Wildman–Crippen LogP) is 1.45. The average Bonchev–Trinajstić information content (AvgIpc) is 2.36. The summed E-state index contributed by atoms with van der Waals surface area (Å²) >= 11 is 5.93. The van der Waals surface area contributed by atoms with Crippen molar-refractivity contribution in [2.45, 2.75) is 6.54 Å². The van der Waals surface area contributed by atoms with Crippen LogP contribution in [0.1, 0.15) is 5.56 Å². The largest absolute Gasteiger partial charge is 0.340 e. The van der Waals surface area contributed by atoms with Crippen molar-refractivity contribution in [3.8, 4) is 0 Å². The zero-order chi connectivity index (χ0) is 14.3. The van der Waals surface area contributed by atoms with Crippen molar-refractivity contribution in [1.29, 1.82) is 0 Å². The molecule has 5 heteroatoms. The van der Waals surface area contributed by atoms with E-state index in [1.807, 2.05) is 50.3 Å². The SMILES string of the molecule is CNCCN(C)CC(=O)N(C)Cc1cccc(Cl)c1. The van der Waals surface area contributed by atoms with Gasteiger partial charge in [-0.15, -0.1) is 0 Å². The Balaban J connectivity index is 2.44. The molecule has 4 nitrogen and oxygen atoms in total. The lowest BCUT2D eigenvalue weighted by Gasteiger charge is -2.22. The molecular formula is C14H22ClN3O. The Morgan fingerprint density at radius 3 is 2.74 bits per heavy atom. The highest BCUT2D eigenvalue weighted by Crippen LogP contribution is 2.12. The molecule has 1 aromatic rings. The van der Waals surface area contributed by atoms with Crippen LogP contribution in [0.15, 0.2) is 24.3 Å². The molecule has 1 amide bonds. The fourth-order valence-corrected chi connectivity index (χ4v) is 1.94. The maximum atomic E-state index is 12.0. The number of hydrogen-bond donors (Lipinski definition) is 1. The van der Waals surface area contributed by atoms with Crippen molar-refractivity contribution in [3.63, 3.8) is 0 Å². The van der Waals surface area contributed by atoms with E-state index >= 15 is 0 Å². The summed E-state index contributed by atoms with van der Waals surface area (Å²) in [6.45, 7) is 2.74. The maximum Gasteiger partial charge on any atom is 0.236 e. The van der Waals surface area contributed by atoms with Gasteiger partial charge in [-0.1, -0.05) is 23.7 Å². The fraction of sp³-hybridized carbons (Fsp3) is 0.500. The number of amides is 1. The number of rotatable bonds is 7. The van der Waals surface area contributed by atoms with Crippen molar-refractivity contribution in [2.24, 2.45) is 0 Å². The van der Waals surface area contributed by atoms with Gasteiger partial charge in [-0.3, -0.25) is 9.69 Å². The van der Waals surface area contributed by atoms with Crippen LogP contribution in [0.25, 0.3) is 0 Å². The lowest BCUT2D eigenvalue weighted by Crippen LogP contribution is -2.38. The molecule has 106 valence electrons. The summed E-state index contributed by atoms with van der Waals surface area (Å²) in [5.74, 6) is 0.110. The number of carbonyl (C=O) groups is 1. The molecule has 0 radical (unpaired) electrons. The van der Waals surface area contributed by atoms with Crippen molar-refractivity contribution in [1.82, 2.24) is 15.1 Å². The van der Waals surface area contributed by atoms with Crippen LogP contribution in [-0.4, -0.2) is 56.5 Å². The number of likely N-dealkylation sites (N-methyl/N-ethyl adjacent to an activating group) is 3. The molecule has 19 heavy (non-hydrogen) atoms. The van der Waals surface area contributed by atoms with Crippen molar-refractivity contribution >= 4 is 17.5 Å². The predicted molar refractivity (Wildman–Crippen MR) is 79.3 cm³/mol. The second-order valence-corrected chi connectivity index (χ2v) is 5.16. The lowest BCUT2D eigenvalue weighted by molar-refractivity contribution is -0.131. The van der Waals surface area contributed by atoms with Gasteiger partial charge < -0.3 is 10.2 Å². The van der Waals surface area contributed by atoms with Crippen LogP contribution in [0.4, 0.5) is 0 Å². The molecule has 1 rings (SSSR count). The Morgan fingerprint density at radius 1 is 1.37 bits per heavy atom. The highest BCUT2D eigenvalue weighted by molar-refractivity contribution is 6.30. The van der Waals surface area contributed by atoms with Crippen LogP contribution in [0.5, 0.6) is 0 Å². The minimum Gasteiger partial charge on any atom is -0.340 e. The van der Waals surface area contributed by atoms with Crippen molar-refractivity contribution in [3.05, 3.63) is 34.9 Å². The molecule has 0 aliphatic heterocycles. The van der Waals surface area contributed by atoms with E-state index < -0.39 is 0 Å². The van der Waals surface area contributed by atoms with E-state index in [1.165, 1.54) is 0 Å². The van der Waals surface area contributed by atoms with Gasteiger partial charge >= 0.3 is 0 Å². The third-order valence-corrected chi connectivity index (χ3v) is 3.12. The smallest absolute Gasteiger partial charge is 0.236 e. The minimum absolute atomic E-state index is 0.110. The first kappa shape index (κ1) is 16.0. The molecule has 0 aromatic heterocycles. The van der Waals surface area contributed by atoms with E-state index in [0.717, 1.165) is 18.7 Å². The van der Waals surface area contributed by atoms with Gasteiger partial charge in [-0.05, 0) is 31.8 Å². The Labute approximate surface area is 120 Å². The Morgan fingerprint density at radius 2 is 2.11 bits per heavy atom. The zero-order valence-electron chi connectivity index (χ0n) is 11.8. The molecule has 0 atom stereocenters. The highest BCUT2D eigenvalue weighted by atomic mass is 35.5. The van der Waals surface area contributed by atoms with E-state index in [-0.39, 0.29) is 5.91 Å². The van der Waals surface area contributed by atoms with Crippen LogP contribution >= 0.6 is 11.6 Å². The summed E-state index contributed by atoms with van der Waals surface area (Å²) < 4.78 is 0. The molecule has 1 N–H and O–H groups in total. The quantitative estimate of drug-likeness (QED) is 0.823. The fourth-order valence-electron chi connectivity index (χ4n) is 1.73. The van der Waals surface area contributed by atoms with E-state index in [0.29, 0.717) is 18.1 Å². The van der Waals surface area contributed by atoms with Gasteiger partial charge in [0.1, 0.15) is 0 Å². The van der Waals surface area contributed by atoms with Crippen LogP contribution in [-0.2, 0) is 11.3 Å². The van der Waals surface area contributed by atoms with E-state index in [1.54, 1.807) is 4.90 Å². The summed E-state index contributed by atoms with van der Waals surface area (Å²) in [4.78, 5) is 15.8. The minimum atomic E-state index is 0.110. The van der Waals surface area contributed by atoms with Crippen LogP contribution in [0.3, 0.4) is 0 Å². The highest BCUT2D eigenvalue weighted by Gasteiger charge is 2.11. The van der Waals surface area contributed by atoms with Gasteiger partial charge in [-0.2, -0.15) is 0 Å². The normalized spacial score (nSPS) is 10.8. The van der Waals surface area contributed by atoms with E-state index in [9.17, 15) is 4.79 Å². The third-order valence-electron chi connectivity index (χ3n) is 2.88. The van der Waals surface area contributed by atoms with Gasteiger partial charge in [0, 0.05) is 31.7 Å². The van der Waals surface area contributed by atoms with Crippen LogP contribution < -0.4 is 5.32 Å². The van der Waals surface area contributed by atoms with E-state index in [2.05, 4.69) is 5.32 Å². The Bertz CT molecular complexity index is 411. The lowest BCUT2D eigenvalue weighted by atomic mass is 10.2. The summed E-state index contributed by atoms with van der Waals surface area (Å²) in [7, 11) is 5.67. The monoisotopic (exact) mass is 283 g/mol. The number of nitrogens with zero attached hydrogens (tertiary/aromatic N) is 2. The Hall–Kier alpha value is -1.10. The second kappa shape index (κ2) is 8.15. The Kier molecular flexibility index (Phi) is 6.84. The maximum absolute atomic E-state index is 12.0. The van der Waals surface area contributed by atoms with Gasteiger partial charge in [0.2, 0.25) is 5.91 Å². The first-order chi connectivity index (χ1) is 9.02. The molecule has 0 unspecified atom stereocenters. The number of halogens is 1. The molecule has 0 fully saturated rings. The first-order valence-corrected chi connectivity index (χ1v) is 6.72. The van der Waals surface area contributed by atoms with Gasteiger partial charge in [-0.25, -0.2) is 0 Å². The second-order valence-electron chi connectivity index (χ2n) is 4.72. The summed E-state index contributed by atoms with van der Waals surface area (Å²) in [6.07, 6.45) is 0. The number of benzene rings is 1. The molecular weight excluding hydrogens is 262 g/mol. The van der Waals surface area contributed by atoms with Crippen LogP contribution in [0, 0.1) is 0 Å². The summed E-state index contributed by atoms with van der Waals surface area (Å²) in [6, 6.07) is 7.59. The molecule has 0 saturated carbocycles. The standard InChI is InChI=1S/C14H22ClN3O/c1-16-7-8-17(2)11-14(19)18(3)10-12-5-4-6-13(15)9-12/h4-6,9,16H,7-8,10-11H2,1-3H3. The van der Waals surface area contributed by atoms with Gasteiger partial charge in [0.05, 0.1) is 6.54 Å². The summed E-state index contributed by atoms with van der Waals surface area (Å²) in [5, 5.41) is 3.76. The number of carbonyl (C=O) groups excluding carboxylic acids is 1. The van der Waals surface area contributed by atoms with Gasteiger partial charge in [0.15, 0.2) is 0 Å². The number of nitrogens with one attached hydrogen (secondary N) is 1. The number of hydrogen-bond acceptors (Lipinski definition) is 3. The summed E-state index contributed by atoms with van der Waals surface area (Å²) in [5.41, 5.74) is 1.04. The molecule has 0 aliphatic carbocycles. The van der Waals surface area contributed by atoms with E-state index in [4.69, 9.17) is 11.6 Å². The molecule has 0 spiro atoms. The molecule has 0 bridgehead atoms. The molecule has 0 saturated heterocycles. The molecule has 0 aliphatic rings.